The Morgan fingerprint density at radius 2 is 1.77 bits per heavy atom. The molecule has 2 atom stereocenters. The molecule has 1 amide bonds. The van der Waals surface area contributed by atoms with Crippen LogP contribution in [0.15, 0.2) is 78.0 Å². The quantitative estimate of drug-likeness (QED) is 0.252. The average molecular weight is 623 g/mol. The Morgan fingerprint density at radius 3 is 2.44 bits per heavy atom. The van der Waals surface area contributed by atoms with Crippen molar-refractivity contribution in [2.24, 2.45) is 4.99 Å². The van der Waals surface area contributed by atoms with Gasteiger partial charge in [-0.1, -0.05) is 54.2 Å². The highest BCUT2D eigenvalue weighted by molar-refractivity contribution is 8.15. The normalized spacial score (nSPS) is 19.1. The summed E-state index contributed by atoms with van der Waals surface area (Å²) in [4.78, 5) is 23.3. The summed E-state index contributed by atoms with van der Waals surface area (Å²) in [5.41, 5.74) is 5.36. The number of halogens is 3. The Morgan fingerprint density at radius 1 is 1.07 bits per heavy atom. The number of alkyl halides is 3. The maximum atomic E-state index is 12.7. The topological polar surface area (TPSA) is 84.6 Å². The van der Waals surface area contributed by atoms with Crippen molar-refractivity contribution in [1.82, 2.24) is 20.1 Å². The number of benzene rings is 3. The van der Waals surface area contributed by atoms with E-state index in [1.54, 1.807) is 4.90 Å². The number of anilines is 1. The van der Waals surface area contributed by atoms with Gasteiger partial charge >= 0.3 is 6.36 Å². The summed E-state index contributed by atoms with van der Waals surface area (Å²) in [5, 5.41) is 8.72. The molecule has 6 rings (SSSR count). The molecular formula is C30H25F3N6O2S2. The number of aliphatic imine (C=N–C) groups is 1. The Kier molecular flexibility index (Phi) is 7.69. The number of nitrogens with one attached hydrogen (secondary N) is 1. The van der Waals surface area contributed by atoms with Crippen LogP contribution in [0.1, 0.15) is 29.0 Å². The van der Waals surface area contributed by atoms with Crippen LogP contribution in [0.2, 0.25) is 0 Å². The van der Waals surface area contributed by atoms with E-state index >= 15 is 0 Å². The van der Waals surface area contributed by atoms with E-state index < -0.39 is 6.36 Å². The van der Waals surface area contributed by atoms with Crippen LogP contribution in [0, 0.1) is 13.8 Å². The number of amidine groups is 1. The number of thiocarbonyl (C=S) groups is 1. The van der Waals surface area contributed by atoms with E-state index in [4.69, 9.17) is 12.2 Å². The molecule has 220 valence electrons. The Balaban J connectivity index is 1.08. The molecule has 3 aromatic carbocycles. The van der Waals surface area contributed by atoms with Crippen LogP contribution in [-0.4, -0.2) is 49.1 Å². The highest BCUT2D eigenvalue weighted by Gasteiger charge is 2.39. The van der Waals surface area contributed by atoms with Crippen LogP contribution >= 0.6 is 24.0 Å². The molecular weight excluding hydrogens is 597 g/mol. The average Bonchev–Trinajstić information content (AvgIpc) is 3.37. The van der Waals surface area contributed by atoms with Crippen LogP contribution in [-0.2, 0) is 4.79 Å². The lowest BCUT2D eigenvalue weighted by atomic mass is 10.1. The van der Waals surface area contributed by atoms with Gasteiger partial charge < -0.3 is 10.1 Å². The number of aryl methyl sites for hydroxylation is 2. The van der Waals surface area contributed by atoms with E-state index in [-0.39, 0.29) is 23.6 Å². The smallest absolute Gasteiger partial charge is 0.406 e. The predicted molar refractivity (Wildman–Crippen MR) is 164 cm³/mol. The number of nitrogens with zero attached hydrogens (tertiary/aromatic N) is 5. The molecule has 0 bridgehead atoms. The van der Waals surface area contributed by atoms with Gasteiger partial charge in [0.25, 0.3) is 0 Å². The third kappa shape index (κ3) is 6.42. The molecule has 2 heterocycles. The number of para-hydroxylation sites is 1. The Bertz CT molecular complexity index is 1700. The molecule has 8 nitrogen and oxygen atoms in total. The molecule has 0 radical (unpaired) electrons. The largest absolute Gasteiger partial charge is 0.573 e. The lowest BCUT2D eigenvalue weighted by molar-refractivity contribution is -0.274. The highest BCUT2D eigenvalue weighted by Crippen LogP contribution is 2.41. The van der Waals surface area contributed by atoms with Gasteiger partial charge in [0, 0.05) is 17.5 Å². The molecule has 4 aromatic rings. The summed E-state index contributed by atoms with van der Waals surface area (Å²) < 4.78 is 42.6. The number of hydrogen-bond donors (Lipinski definition) is 1. The zero-order valence-corrected chi connectivity index (χ0v) is 24.6. The van der Waals surface area contributed by atoms with Crippen LogP contribution in [0.25, 0.3) is 17.1 Å². The first kappa shape index (κ1) is 28.9. The fourth-order valence-electron chi connectivity index (χ4n) is 5.02. The molecule has 1 N–H and O–H groups in total. The molecule has 2 unspecified atom stereocenters. The van der Waals surface area contributed by atoms with Crippen molar-refractivity contribution in [3.8, 4) is 22.8 Å². The SMILES string of the molecule is Cc1cccc(C)c1N1C(=O)CSC1=NC(=S)NC1CC1c1ccc(-c2ncn(-c3ccc(OC(F)(F)F)cc3)n2)cc1. The van der Waals surface area contributed by atoms with Crippen LogP contribution < -0.4 is 15.0 Å². The monoisotopic (exact) mass is 622 g/mol. The lowest BCUT2D eigenvalue weighted by Gasteiger charge is -2.21. The zero-order valence-electron chi connectivity index (χ0n) is 23.0. The first-order valence-corrected chi connectivity index (χ1v) is 14.7. The second kappa shape index (κ2) is 11.5. The molecule has 0 spiro atoms. The first-order valence-electron chi connectivity index (χ1n) is 13.3. The van der Waals surface area contributed by atoms with E-state index in [9.17, 15) is 18.0 Å². The minimum atomic E-state index is -4.75. The fraction of sp³-hybridized carbons (Fsp3) is 0.233. The van der Waals surface area contributed by atoms with E-state index in [2.05, 4.69) is 25.1 Å². The van der Waals surface area contributed by atoms with Crippen molar-refractivity contribution in [2.45, 2.75) is 38.6 Å². The van der Waals surface area contributed by atoms with Gasteiger partial charge in [-0.3, -0.25) is 9.69 Å². The van der Waals surface area contributed by atoms with Crippen LogP contribution in [0.4, 0.5) is 18.9 Å². The molecule has 43 heavy (non-hydrogen) atoms. The van der Waals surface area contributed by atoms with Crippen molar-refractivity contribution in [3.05, 3.63) is 89.7 Å². The summed E-state index contributed by atoms with van der Waals surface area (Å²) in [5.74, 6) is 0.759. The number of amides is 1. The minimum absolute atomic E-state index is 0.0129. The number of thioether (sulfide) groups is 1. The summed E-state index contributed by atoms with van der Waals surface area (Å²) in [6.07, 6.45) is -2.34. The number of hydrogen-bond acceptors (Lipinski definition) is 6. The van der Waals surface area contributed by atoms with Crippen molar-refractivity contribution in [3.63, 3.8) is 0 Å². The van der Waals surface area contributed by atoms with Crippen molar-refractivity contribution >= 4 is 45.9 Å². The molecule has 1 saturated carbocycles. The lowest BCUT2D eigenvalue weighted by Crippen LogP contribution is -2.33. The van der Waals surface area contributed by atoms with E-state index in [0.717, 1.165) is 34.4 Å². The van der Waals surface area contributed by atoms with Crippen molar-refractivity contribution in [2.75, 3.05) is 10.7 Å². The molecule has 1 aliphatic carbocycles. The van der Waals surface area contributed by atoms with Gasteiger partial charge in [0.15, 0.2) is 16.1 Å². The molecule has 2 aliphatic rings. The second-order valence-electron chi connectivity index (χ2n) is 10.2. The Hall–Kier alpha value is -4.23. The fourth-order valence-corrected chi connectivity index (χ4v) is 6.18. The Labute approximate surface area is 255 Å². The molecule has 13 heteroatoms. The van der Waals surface area contributed by atoms with Gasteiger partial charge in [0.1, 0.15) is 12.1 Å². The first-order chi connectivity index (χ1) is 20.6. The van der Waals surface area contributed by atoms with E-state index in [1.807, 2.05) is 56.3 Å². The third-order valence-electron chi connectivity index (χ3n) is 7.15. The number of carbonyl (C=O) groups excluding carboxylic acids is 1. The van der Waals surface area contributed by atoms with Crippen LogP contribution in [0.5, 0.6) is 5.75 Å². The highest BCUT2D eigenvalue weighted by atomic mass is 32.2. The van der Waals surface area contributed by atoms with E-state index in [0.29, 0.717) is 27.5 Å². The van der Waals surface area contributed by atoms with Gasteiger partial charge in [0.05, 0.1) is 17.1 Å². The minimum Gasteiger partial charge on any atom is -0.406 e. The van der Waals surface area contributed by atoms with Gasteiger partial charge in [-0.15, -0.1) is 18.3 Å². The summed E-state index contributed by atoms with van der Waals surface area (Å²) in [6.45, 7) is 3.96. The number of rotatable bonds is 6. The van der Waals surface area contributed by atoms with Gasteiger partial charge in [-0.2, -0.15) is 4.99 Å². The molecule has 2 fully saturated rings. The maximum absolute atomic E-state index is 12.7. The predicted octanol–water partition coefficient (Wildman–Crippen LogP) is 6.32. The number of carbonyl (C=O) groups is 1. The van der Waals surface area contributed by atoms with Gasteiger partial charge in [0.2, 0.25) is 5.91 Å². The van der Waals surface area contributed by atoms with Crippen LogP contribution in [0.3, 0.4) is 0 Å². The van der Waals surface area contributed by atoms with Gasteiger partial charge in [-0.25, -0.2) is 9.67 Å². The van der Waals surface area contributed by atoms with Crippen molar-refractivity contribution < 1.29 is 22.7 Å². The summed E-state index contributed by atoms with van der Waals surface area (Å²) in [7, 11) is 0. The second-order valence-corrected chi connectivity index (χ2v) is 11.6. The third-order valence-corrected chi connectivity index (χ3v) is 8.28. The van der Waals surface area contributed by atoms with Gasteiger partial charge in [-0.05, 0) is 73.4 Å². The molecule has 1 saturated heterocycles. The standard InChI is InChI=1S/C30H25F3N6O2S2/c1-17-4-3-5-18(2)26(17)39-25(40)15-43-29(39)36-28(42)35-24-14-23(24)19-6-8-20(9-7-19)27-34-16-38(37-27)21-10-12-22(13-11-21)41-30(31,32)33/h3-13,16,23-24H,14-15H2,1-2H3,(H,35,42). The zero-order chi connectivity index (χ0) is 30.3. The number of aromatic nitrogens is 3. The molecule has 1 aliphatic heterocycles. The summed E-state index contributed by atoms with van der Waals surface area (Å²) in [6, 6.07) is 19.4. The van der Waals surface area contributed by atoms with E-state index in [1.165, 1.54) is 47.0 Å². The summed E-state index contributed by atoms with van der Waals surface area (Å²) >= 11 is 6.93. The molecule has 1 aromatic heterocycles. The van der Waals surface area contributed by atoms with Crippen molar-refractivity contribution in [1.29, 1.82) is 0 Å². The maximum Gasteiger partial charge on any atom is 0.573 e. The number of ether oxygens (including phenoxy) is 1.